The summed E-state index contributed by atoms with van der Waals surface area (Å²) in [7, 11) is 0. The van der Waals surface area contributed by atoms with Crippen molar-refractivity contribution in [1.82, 2.24) is 0 Å². The summed E-state index contributed by atoms with van der Waals surface area (Å²) in [6.45, 7) is 1.29. The molecule has 0 aliphatic carbocycles. The van der Waals surface area contributed by atoms with Gasteiger partial charge in [0.2, 0.25) is 5.79 Å². The van der Waals surface area contributed by atoms with Gasteiger partial charge in [-0.25, -0.2) is 4.39 Å². The van der Waals surface area contributed by atoms with Crippen molar-refractivity contribution >= 4 is 11.6 Å². The molecule has 4 rings (SSSR count). The fraction of sp³-hybridized carbons (Fsp3) is 0.455. The first-order chi connectivity index (χ1) is 14.8. The molecule has 31 heavy (non-hydrogen) atoms. The molecule has 2 saturated heterocycles. The number of aliphatic hydroxyl groups excluding tert-OH is 4. The summed E-state index contributed by atoms with van der Waals surface area (Å²) in [6, 6.07) is 9.43. The Morgan fingerprint density at radius 1 is 1.16 bits per heavy atom. The van der Waals surface area contributed by atoms with Crippen molar-refractivity contribution in [3.8, 4) is 5.75 Å². The van der Waals surface area contributed by atoms with E-state index < -0.39 is 42.1 Å². The molecule has 2 aromatic rings. The topological polar surface area (TPSA) is 109 Å². The third-order valence-electron chi connectivity index (χ3n) is 5.87. The summed E-state index contributed by atoms with van der Waals surface area (Å²) >= 11 is 6.36. The van der Waals surface area contributed by atoms with Crippen LogP contribution in [0.4, 0.5) is 4.39 Å². The number of aliphatic hydroxyl groups is 4. The quantitative estimate of drug-likeness (QED) is 0.523. The van der Waals surface area contributed by atoms with E-state index in [0.29, 0.717) is 28.3 Å². The summed E-state index contributed by atoms with van der Waals surface area (Å²) in [5, 5.41) is 41.5. The van der Waals surface area contributed by atoms with Crippen LogP contribution in [0.3, 0.4) is 0 Å². The zero-order valence-electron chi connectivity index (χ0n) is 16.8. The molecule has 2 aliphatic rings. The van der Waals surface area contributed by atoms with Crippen molar-refractivity contribution in [2.75, 3.05) is 19.8 Å². The SMILES string of the molecule is CCOc1ccc(Cc2cc([C@]34OC[C@](CO)(O3)[C@H](O)[C@H](O)[C@@H]4O)ccc2Cl)cc1F. The number of benzene rings is 2. The van der Waals surface area contributed by atoms with E-state index in [4.69, 9.17) is 25.8 Å². The average molecular weight is 455 g/mol. The van der Waals surface area contributed by atoms with Gasteiger partial charge in [0.05, 0.1) is 19.8 Å². The molecule has 2 aromatic carbocycles. The van der Waals surface area contributed by atoms with Gasteiger partial charge in [-0.3, -0.25) is 0 Å². The Hall–Kier alpha value is -1.78. The number of ether oxygens (including phenoxy) is 3. The van der Waals surface area contributed by atoms with Gasteiger partial charge in [-0.05, 0) is 48.7 Å². The summed E-state index contributed by atoms with van der Waals surface area (Å²) in [5.74, 6) is -2.11. The minimum Gasteiger partial charge on any atom is -0.491 e. The first kappa shape index (κ1) is 22.4. The molecule has 2 heterocycles. The lowest BCUT2D eigenvalue weighted by molar-refractivity contribution is -0.329. The fourth-order valence-corrected chi connectivity index (χ4v) is 4.33. The highest BCUT2D eigenvalue weighted by atomic mass is 35.5. The normalized spacial score (nSPS) is 32.3. The van der Waals surface area contributed by atoms with Gasteiger partial charge in [-0.15, -0.1) is 0 Å². The molecule has 0 spiro atoms. The largest absolute Gasteiger partial charge is 0.491 e. The molecule has 0 radical (unpaired) electrons. The highest BCUT2D eigenvalue weighted by Gasteiger charge is 2.67. The van der Waals surface area contributed by atoms with Crippen molar-refractivity contribution in [3.63, 3.8) is 0 Å². The first-order valence-electron chi connectivity index (χ1n) is 9.95. The molecule has 0 unspecified atom stereocenters. The van der Waals surface area contributed by atoms with Gasteiger partial charge in [0.1, 0.15) is 23.9 Å². The smallest absolute Gasteiger partial charge is 0.225 e. The molecule has 9 heteroatoms. The van der Waals surface area contributed by atoms with E-state index in [1.165, 1.54) is 6.07 Å². The van der Waals surface area contributed by atoms with Crippen molar-refractivity contribution in [2.24, 2.45) is 0 Å². The summed E-state index contributed by atoms with van der Waals surface area (Å²) in [6.07, 6.45) is -4.45. The van der Waals surface area contributed by atoms with E-state index in [1.807, 2.05) is 0 Å². The number of hydrogen-bond donors (Lipinski definition) is 4. The highest BCUT2D eigenvalue weighted by Crippen LogP contribution is 2.49. The lowest BCUT2D eigenvalue weighted by Crippen LogP contribution is -2.65. The molecule has 4 N–H and O–H groups in total. The second-order valence-corrected chi connectivity index (χ2v) is 8.25. The Bertz CT molecular complexity index is 973. The predicted molar refractivity (Wildman–Crippen MR) is 108 cm³/mol. The van der Waals surface area contributed by atoms with Gasteiger partial charge in [-0.1, -0.05) is 23.7 Å². The van der Waals surface area contributed by atoms with Crippen LogP contribution < -0.4 is 4.74 Å². The Balaban J connectivity index is 1.68. The average Bonchev–Trinajstić information content (AvgIpc) is 3.15. The van der Waals surface area contributed by atoms with Crippen molar-refractivity contribution in [3.05, 3.63) is 63.9 Å². The lowest BCUT2D eigenvalue weighted by Gasteiger charge is -2.46. The van der Waals surface area contributed by atoms with Gasteiger partial charge in [0, 0.05) is 10.6 Å². The molecule has 0 amide bonds. The van der Waals surface area contributed by atoms with E-state index in [1.54, 1.807) is 37.3 Å². The van der Waals surface area contributed by atoms with E-state index in [2.05, 4.69) is 0 Å². The monoisotopic (exact) mass is 454 g/mol. The van der Waals surface area contributed by atoms with Crippen LogP contribution in [0.5, 0.6) is 5.75 Å². The van der Waals surface area contributed by atoms with Crippen LogP contribution in [-0.4, -0.2) is 64.2 Å². The summed E-state index contributed by atoms with van der Waals surface area (Å²) in [5.41, 5.74) is 0.0530. The van der Waals surface area contributed by atoms with Gasteiger partial charge in [-0.2, -0.15) is 0 Å². The third-order valence-corrected chi connectivity index (χ3v) is 6.24. The van der Waals surface area contributed by atoms with Crippen molar-refractivity contribution in [2.45, 2.75) is 43.0 Å². The van der Waals surface area contributed by atoms with Crippen molar-refractivity contribution in [1.29, 1.82) is 0 Å². The van der Waals surface area contributed by atoms with E-state index in [0.717, 1.165) is 0 Å². The van der Waals surface area contributed by atoms with Crippen LogP contribution >= 0.6 is 11.6 Å². The predicted octanol–water partition coefficient (Wildman–Crippen LogP) is 1.50. The molecule has 0 saturated carbocycles. The van der Waals surface area contributed by atoms with E-state index in [-0.39, 0.29) is 18.8 Å². The Morgan fingerprint density at radius 2 is 1.94 bits per heavy atom. The zero-order valence-corrected chi connectivity index (χ0v) is 17.6. The fourth-order valence-electron chi connectivity index (χ4n) is 4.15. The minimum absolute atomic E-state index is 0.163. The van der Waals surface area contributed by atoms with E-state index in [9.17, 15) is 24.8 Å². The third kappa shape index (κ3) is 3.62. The van der Waals surface area contributed by atoms with Gasteiger partial charge in [0.25, 0.3) is 0 Å². The van der Waals surface area contributed by atoms with Gasteiger partial charge in [0.15, 0.2) is 11.6 Å². The van der Waals surface area contributed by atoms with Crippen LogP contribution in [0.25, 0.3) is 0 Å². The lowest BCUT2D eigenvalue weighted by atomic mass is 9.83. The molecule has 2 bridgehead atoms. The number of hydrogen-bond acceptors (Lipinski definition) is 7. The Morgan fingerprint density at radius 3 is 2.61 bits per heavy atom. The van der Waals surface area contributed by atoms with Crippen LogP contribution in [0.1, 0.15) is 23.6 Å². The van der Waals surface area contributed by atoms with Crippen LogP contribution in [0, 0.1) is 5.82 Å². The molecule has 5 atom stereocenters. The second kappa shape index (κ2) is 8.29. The summed E-state index contributed by atoms with van der Waals surface area (Å²) < 4.78 is 31.0. The van der Waals surface area contributed by atoms with Crippen LogP contribution in [0.2, 0.25) is 5.02 Å². The Labute approximate surface area is 183 Å². The molecule has 0 aromatic heterocycles. The molecule has 2 fully saturated rings. The van der Waals surface area contributed by atoms with E-state index >= 15 is 0 Å². The number of rotatable bonds is 6. The second-order valence-electron chi connectivity index (χ2n) is 7.84. The minimum atomic E-state index is -1.79. The van der Waals surface area contributed by atoms with Crippen LogP contribution in [0.15, 0.2) is 36.4 Å². The highest BCUT2D eigenvalue weighted by molar-refractivity contribution is 6.31. The Kier molecular flexibility index (Phi) is 5.99. The molecule has 7 nitrogen and oxygen atoms in total. The maximum atomic E-state index is 14.2. The van der Waals surface area contributed by atoms with Crippen molar-refractivity contribution < 1.29 is 39.0 Å². The van der Waals surface area contributed by atoms with Gasteiger partial charge >= 0.3 is 0 Å². The zero-order chi connectivity index (χ0) is 22.4. The standard InChI is InChI=1S/C22H24ClFO7/c1-2-29-17-6-3-12(8-16(17)24)7-13-9-14(4-5-15(13)23)22-20(28)18(26)19(27)21(10-25,31-22)11-30-22/h3-6,8-9,18-20,25-28H,2,7,10-11H2,1H3/t18-,19+,20-,21-,22-/m0/s1. The number of fused-ring (bicyclic) bond motifs is 2. The molecular weight excluding hydrogens is 431 g/mol. The molecule has 168 valence electrons. The first-order valence-corrected chi connectivity index (χ1v) is 10.3. The maximum Gasteiger partial charge on any atom is 0.225 e. The maximum absolute atomic E-state index is 14.2. The van der Waals surface area contributed by atoms with Gasteiger partial charge < -0.3 is 34.6 Å². The molecular formula is C22H24ClFO7. The number of halogens is 2. The molecule has 2 aliphatic heterocycles. The van der Waals surface area contributed by atoms with Crippen LogP contribution in [-0.2, 0) is 21.7 Å². The summed E-state index contributed by atoms with van der Waals surface area (Å²) in [4.78, 5) is 0.